The van der Waals surface area contributed by atoms with Crippen molar-refractivity contribution in [1.82, 2.24) is 15.4 Å². The summed E-state index contributed by atoms with van der Waals surface area (Å²) in [6, 6.07) is 0. The molecule has 0 aromatic heterocycles. The third-order valence-electron chi connectivity index (χ3n) is 4.68. The molecule has 2 fully saturated rings. The van der Waals surface area contributed by atoms with Crippen molar-refractivity contribution in [3.63, 3.8) is 0 Å². The first-order chi connectivity index (χ1) is 12.4. The molecule has 2 heterocycles. The van der Waals surface area contributed by atoms with Gasteiger partial charge in [-0.25, -0.2) is 13.1 Å². The highest BCUT2D eigenvalue weighted by atomic mass is 127. The van der Waals surface area contributed by atoms with E-state index >= 15 is 0 Å². The molecule has 2 saturated heterocycles. The molecular formula is C17H35IN4O3S2. The van der Waals surface area contributed by atoms with Crippen LogP contribution in [0.15, 0.2) is 4.99 Å². The van der Waals surface area contributed by atoms with Gasteiger partial charge in [0, 0.05) is 31.0 Å². The van der Waals surface area contributed by atoms with E-state index in [-0.39, 0.29) is 40.6 Å². The first-order valence-electron chi connectivity index (χ1n) is 9.67. The standard InChI is InChI=1S/C17H34N4O3S2.HI/c1-3-18-16(20-14-17(2)8-6-11-25-17)19-9-12-26(22,23)21-13-15-7-4-5-10-24-15;/h15,21H,3-14H2,1-2H3,(H2,18,19,20);1H. The number of ether oxygens (including phenoxy) is 1. The number of nitrogens with one attached hydrogen (secondary N) is 3. The van der Waals surface area contributed by atoms with E-state index in [9.17, 15) is 8.42 Å². The van der Waals surface area contributed by atoms with Crippen LogP contribution < -0.4 is 15.4 Å². The molecule has 2 unspecified atom stereocenters. The van der Waals surface area contributed by atoms with E-state index in [0.29, 0.717) is 19.0 Å². The molecule has 160 valence electrons. The number of sulfonamides is 1. The summed E-state index contributed by atoms with van der Waals surface area (Å²) >= 11 is 1.97. The molecule has 2 aliphatic heterocycles. The Morgan fingerprint density at radius 1 is 1.30 bits per heavy atom. The molecule has 0 spiro atoms. The molecule has 0 aliphatic carbocycles. The smallest absolute Gasteiger partial charge is 0.213 e. The molecule has 0 aromatic carbocycles. The Kier molecular flexibility index (Phi) is 11.9. The van der Waals surface area contributed by atoms with Crippen LogP contribution in [0, 0.1) is 0 Å². The molecule has 2 rings (SSSR count). The van der Waals surface area contributed by atoms with E-state index in [2.05, 4.69) is 27.3 Å². The maximum absolute atomic E-state index is 12.2. The summed E-state index contributed by atoms with van der Waals surface area (Å²) in [5, 5.41) is 6.32. The van der Waals surface area contributed by atoms with Gasteiger partial charge in [-0.15, -0.1) is 24.0 Å². The van der Waals surface area contributed by atoms with Gasteiger partial charge in [-0.1, -0.05) is 0 Å². The number of thioether (sulfide) groups is 1. The molecular weight excluding hydrogens is 499 g/mol. The maximum Gasteiger partial charge on any atom is 0.213 e. The van der Waals surface area contributed by atoms with Gasteiger partial charge in [0.1, 0.15) is 0 Å². The van der Waals surface area contributed by atoms with Crippen molar-refractivity contribution < 1.29 is 13.2 Å². The summed E-state index contributed by atoms with van der Waals surface area (Å²) < 4.78 is 32.8. The summed E-state index contributed by atoms with van der Waals surface area (Å²) in [7, 11) is -3.31. The van der Waals surface area contributed by atoms with Gasteiger partial charge in [0.25, 0.3) is 0 Å². The average molecular weight is 535 g/mol. The van der Waals surface area contributed by atoms with E-state index in [4.69, 9.17) is 4.74 Å². The monoisotopic (exact) mass is 534 g/mol. The van der Waals surface area contributed by atoms with Gasteiger partial charge < -0.3 is 15.4 Å². The number of hydrogen-bond donors (Lipinski definition) is 3. The molecule has 0 saturated carbocycles. The van der Waals surface area contributed by atoms with Crippen LogP contribution in [0.3, 0.4) is 0 Å². The van der Waals surface area contributed by atoms with Crippen molar-refractivity contribution >= 4 is 51.7 Å². The fraction of sp³-hybridized carbons (Fsp3) is 0.941. The van der Waals surface area contributed by atoms with Crippen molar-refractivity contribution in [3.05, 3.63) is 0 Å². The Morgan fingerprint density at radius 3 is 2.74 bits per heavy atom. The van der Waals surface area contributed by atoms with Gasteiger partial charge in [-0.05, 0) is 51.7 Å². The highest BCUT2D eigenvalue weighted by molar-refractivity contribution is 14.0. The third kappa shape index (κ3) is 10.00. The summed E-state index contributed by atoms with van der Waals surface area (Å²) in [6.07, 6.45) is 5.53. The number of halogens is 1. The topological polar surface area (TPSA) is 91.8 Å². The number of hydrogen-bond acceptors (Lipinski definition) is 5. The lowest BCUT2D eigenvalue weighted by atomic mass is 10.1. The van der Waals surface area contributed by atoms with Crippen molar-refractivity contribution in [1.29, 1.82) is 0 Å². The number of rotatable bonds is 9. The van der Waals surface area contributed by atoms with Gasteiger partial charge in [0.05, 0.1) is 18.4 Å². The fourth-order valence-corrected chi connectivity index (χ4v) is 5.29. The zero-order chi connectivity index (χ0) is 18.9. The largest absolute Gasteiger partial charge is 0.377 e. The molecule has 0 amide bonds. The fourth-order valence-electron chi connectivity index (χ4n) is 3.11. The normalized spacial score (nSPS) is 26.4. The number of aliphatic imine (C=N–C) groups is 1. The van der Waals surface area contributed by atoms with Crippen LogP contribution >= 0.6 is 35.7 Å². The molecule has 27 heavy (non-hydrogen) atoms. The SMILES string of the molecule is CCNC(=NCC1(C)CCCS1)NCCS(=O)(=O)NCC1CCCCO1.I. The van der Waals surface area contributed by atoms with Gasteiger partial charge >= 0.3 is 0 Å². The average Bonchev–Trinajstić information content (AvgIpc) is 3.06. The first kappa shape index (κ1) is 25.3. The Bertz CT molecular complexity index is 548. The molecule has 2 aliphatic rings. The summed E-state index contributed by atoms with van der Waals surface area (Å²) in [4.78, 5) is 4.64. The summed E-state index contributed by atoms with van der Waals surface area (Å²) in [5.74, 6) is 1.91. The predicted molar refractivity (Wildman–Crippen MR) is 125 cm³/mol. The van der Waals surface area contributed by atoms with E-state index in [1.165, 1.54) is 18.6 Å². The summed E-state index contributed by atoms with van der Waals surface area (Å²) in [5.41, 5.74) is 0. The molecule has 3 N–H and O–H groups in total. The molecule has 7 nitrogen and oxygen atoms in total. The van der Waals surface area contributed by atoms with Crippen molar-refractivity contribution in [2.24, 2.45) is 4.99 Å². The molecule has 2 atom stereocenters. The van der Waals surface area contributed by atoms with Gasteiger partial charge in [0.2, 0.25) is 10.0 Å². The van der Waals surface area contributed by atoms with Crippen LogP contribution in [0.5, 0.6) is 0 Å². The van der Waals surface area contributed by atoms with Crippen LogP contribution in [0.25, 0.3) is 0 Å². The molecule has 0 aromatic rings. The van der Waals surface area contributed by atoms with Crippen LogP contribution in [0.1, 0.15) is 46.0 Å². The van der Waals surface area contributed by atoms with Gasteiger partial charge in [-0.2, -0.15) is 11.8 Å². The lowest BCUT2D eigenvalue weighted by Crippen LogP contribution is -2.43. The number of guanidine groups is 1. The van der Waals surface area contributed by atoms with Crippen LogP contribution in [0.4, 0.5) is 0 Å². The minimum atomic E-state index is -3.31. The van der Waals surface area contributed by atoms with E-state index < -0.39 is 10.0 Å². The van der Waals surface area contributed by atoms with Crippen molar-refractivity contribution in [3.8, 4) is 0 Å². The molecule has 10 heteroatoms. The molecule has 0 bridgehead atoms. The second-order valence-corrected chi connectivity index (χ2v) is 10.8. The summed E-state index contributed by atoms with van der Waals surface area (Å²) in [6.45, 7) is 7.18. The van der Waals surface area contributed by atoms with E-state index in [0.717, 1.165) is 39.0 Å². The quantitative estimate of drug-likeness (QED) is 0.238. The highest BCUT2D eigenvalue weighted by Crippen LogP contribution is 2.37. The Labute approximate surface area is 185 Å². The zero-order valence-electron chi connectivity index (χ0n) is 16.5. The van der Waals surface area contributed by atoms with Crippen LogP contribution in [-0.2, 0) is 14.8 Å². The lowest BCUT2D eigenvalue weighted by Gasteiger charge is -2.23. The second-order valence-electron chi connectivity index (χ2n) is 7.18. The van der Waals surface area contributed by atoms with Gasteiger partial charge in [-0.3, -0.25) is 4.99 Å². The van der Waals surface area contributed by atoms with Crippen molar-refractivity contribution in [2.45, 2.75) is 56.8 Å². The second kappa shape index (κ2) is 12.7. The lowest BCUT2D eigenvalue weighted by molar-refractivity contribution is 0.0200. The maximum atomic E-state index is 12.2. The Morgan fingerprint density at radius 2 is 2.11 bits per heavy atom. The van der Waals surface area contributed by atoms with Gasteiger partial charge in [0.15, 0.2) is 5.96 Å². The Hall–Kier alpha value is 0.220. The predicted octanol–water partition coefficient (Wildman–Crippen LogP) is 1.93. The highest BCUT2D eigenvalue weighted by Gasteiger charge is 2.29. The molecule has 0 radical (unpaired) electrons. The van der Waals surface area contributed by atoms with E-state index in [1.807, 2.05) is 18.7 Å². The number of nitrogens with zero attached hydrogens (tertiary/aromatic N) is 1. The van der Waals surface area contributed by atoms with Crippen LogP contribution in [-0.4, -0.2) is 69.5 Å². The minimum Gasteiger partial charge on any atom is -0.377 e. The Balaban J connectivity index is 0.00000364. The van der Waals surface area contributed by atoms with Crippen LogP contribution in [0.2, 0.25) is 0 Å². The minimum absolute atomic E-state index is 0. The zero-order valence-corrected chi connectivity index (χ0v) is 20.4. The van der Waals surface area contributed by atoms with Crippen molar-refractivity contribution in [2.75, 3.05) is 44.3 Å². The van der Waals surface area contributed by atoms with E-state index in [1.54, 1.807) is 0 Å². The third-order valence-corrected chi connectivity index (χ3v) is 7.56. The first-order valence-corrected chi connectivity index (χ1v) is 12.3.